The van der Waals surface area contributed by atoms with E-state index in [0.29, 0.717) is 17.3 Å². The zero-order valence-corrected chi connectivity index (χ0v) is 20.6. The molecule has 0 aromatic heterocycles. The number of amides is 1. The van der Waals surface area contributed by atoms with Crippen LogP contribution >= 0.6 is 11.6 Å². The number of rotatable bonds is 9. The van der Waals surface area contributed by atoms with E-state index in [1.54, 1.807) is 0 Å². The van der Waals surface area contributed by atoms with Gasteiger partial charge in [0.25, 0.3) is 0 Å². The topological polar surface area (TPSA) is 71.0 Å². The third-order valence-corrected chi connectivity index (χ3v) is 6.18. The molecule has 1 heterocycles. The van der Waals surface area contributed by atoms with Crippen molar-refractivity contribution in [3.63, 3.8) is 0 Å². The fourth-order valence-electron chi connectivity index (χ4n) is 4.18. The number of aliphatic hydroxyl groups is 1. The molecule has 1 amide bonds. The van der Waals surface area contributed by atoms with Crippen molar-refractivity contribution in [2.45, 2.75) is 32.0 Å². The number of piperidine rings is 1. The second-order valence-corrected chi connectivity index (χ2v) is 9.26. The van der Waals surface area contributed by atoms with Crippen LogP contribution in [0.25, 0.3) is 11.1 Å². The van der Waals surface area contributed by atoms with Crippen molar-refractivity contribution in [1.29, 1.82) is 0 Å². The van der Waals surface area contributed by atoms with E-state index >= 15 is 0 Å². The summed E-state index contributed by atoms with van der Waals surface area (Å²) in [5, 5.41) is 14.0. The van der Waals surface area contributed by atoms with Crippen molar-refractivity contribution in [3.05, 3.63) is 77.8 Å². The van der Waals surface area contributed by atoms with E-state index in [9.17, 15) is 9.90 Å². The van der Waals surface area contributed by atoms with Crippen molar-refractivity contribution >= 4 is 23.2 Å². The second kappa shape index (κ2) is 12.1. The van der Waals surface area contributed by atoms with E-state index in [-0.39, 0.29) is 18.6 Å². The molecule has 0 spiro atoms. The molecule has 1 fully saturated rings. The molecule has 35 heavy (non-hydrogen) atoms. The first kappa shape index (κ1) is 25.0. The largest absolute Gasteiger partial charge is 0.491 e. The van der Waals surface area contributed by atoms with Gasteiger partial charge < -0.3 is 24.8 Å². The van der Waals surface area contributed by atoms with Gasteiger partial charge >= 0.3 is 0 Å². The number of carbonyl (C=O) groups excluding carboxylic acids is 1. The quantitative estimate of drug-likeness (QED) is 0.425. The van der Waals surface area contributed by atoms with E-state index in [4.69, 9.17) is 21.1 Å². The number of hydrogen-bond acceptors (Lipinski definition) is 5. The van der Waals surface area contributed by atoms with Crippen LogP contribution in [0, 0.1) is 0 Å². The number of hydrogen-bond donors (Lipinski definition) is 2. The molecular formula is C28H31ClN2O4. The van der Waals surface area contributed by atoms with Crippen molar-refractivity contribution in [3.8, 4) is 22.6 Å². The minimum Gasteiger partial charge on any atom is -0.491 e. The molecule has 4 rings (SSSR count). The fourth-order valence-corrected chi connectivity index (χ4v) is 4.31. The van der Waals surface area contributed by atoms with Crippen LogP contribution in [-0.4, -0.2) is 54.4 Å². The van der Waals surface area contributed by atoms with Crippen LogP contribution in [0.4, 0.5) is 5.69 Å². The van der Waals surface area contributed by atoms with Crippen LogP contribution in [0.2, 0.25) is 5.02 Å². The smallest absolute Gasteiger partial charge is 0.221 e. The zero-order chi connectivity index (χ0) is 24.6. The molecule has 1 atom stereocenters. The van der Waals surface area contributed by atoms with Gasteiger partial charge in [-0.3, -0.25) is 4.79 Å². The van der Waals surface area contributed by atoms with E-state index in [2.05, 4.69) is 10.2 Å². The van der Waals surface area contributed by atoms with E-state index in [0.717, 1.165) is 48.5 Å². The van der Waals surface area contributed by atoms with Crippen LogP contribution in [0.3, 0.4) is 0 Å². The Morgan fingerprint density at radius 2 is 1.71 bits per heavy atom. The Balaban J connectivity index is 1.20. The van der Waals surface area contributed by atoms with Crippen LogP contribution < -0.4 is 14.8 Å². The molecule has 1 saturated heterocycles. The minimum atomic E-state index is -0.572. The first-order chi connectivity index (χ1) is 16.9. The minimum absolute atomic E-state index is 0.0971. The van der Waals surface area contributed by atoms with Crippen molar-refractivity contribution in [1.82, 2.24) is 4.90 Å². The second-order valence-electron chi connectivity index (χ2n) is 8.82. The van der Waals surface area contributed by atoms with Gasteiger partial charge in [-0.2, -0.15) is 0 Å². The maximum absolute atomic E-state index is 11.3. The number of halogens is 1. The summed E-state index contributed by atoms with van der Waals surface area (Å²) in [4.78, 5) is 13.5. The predicted molar refractivity (Wildman–Crippen MR) is 139 cm³/mol. The normalized spacial score (nSPS) is 15.4. The lowest BCUT2D eigenvalue weighted by molar-refractivity contribution is -0.114. The van der Waals surface area contributed by atoms with Gasteiger partial charge in [0.2, 0.25) is 5.91 Å². The zero-order valence-electron chi connectivity index (χ0n) is 19.8. The molecule has 3 aromatic rings. The number of β-amino-alcohol motifs (C(OH)–C–C–N with tert-alkyl or cyclic N) is 1. The van der Waals surface area contributed by atoms with Gasteiger partial charge in [-0.1, -0.05) is 35.9 Å². The Hall–Kier alpha value is -3.06. The molecule has 1 aliphatic heterocycles. The first-order valence-electron chi connectivity index (χ1n) is 11.9. The third-order valence-electron chi connectivity index (χ3n) is 5.93. The average Bonchev–Trinajstić information content (AvgIpc) is 2.85. The van der Waals surface area contributed by atoms with Crippen molar-refractivity contribution < 1.29 is 19.4 Å². The summed E-state index contributed by atoms with van der Waals surface area (Å²) in [7, 11) is 0. The summed E-state index contributed by atoms with van der Waals surface area (Å²) in [6.45, 7) is 4.05. The monoisotopic (exact) mass is 494 g/mol. The highest BCUT2D eigenvalue weighted by Gasteiger charge is 2.22. The third kappa shape index (κ3) is 7.72. The average molecular weight is 495 g/mol. The van der Waals surface area contributed by atoms with Gasteiger partial charge in [-0.25, -0.2) is 0 Å². The molecule has 3 aromatic carbocycles. The maximum Gasteiger partial charge on any atom is 0.221 e. The summed E-state index contributed by atoms with van der Waals surface area (Å²) in [6, 6.07) is 22.9. The highest BCUT2D eigenvalue weighted by molar-refractivity contribution is 6.30. The van der Waals surface area contributed by atoms with E-state index in [1.165, 1.54) is 6.92 Å². The molecule has 0 radical (unpaired) electrons. The number of anilines is 1. The van der Waals surface area contributed by atoms with Crippen LogP contribution in [-0.2, 0) is 4.79 Å². The maximum atomic E-state index is 11.3. The molecule has 7 heteroatoms. The van der Waals surface area contributed by atoms with Crippen molar-refractivity contribution in [2.24, 2.45) is 0 Å². The number of aliphatic hydroxyl groups excluding tert-OH is 1. The van der Waals surface area contributed by atoms with Gasteiger partial charge in [0, 0.05) is 37.3 Å². The summed E-state index contributed by atoms with van der Waals surface area (Å²) in [5.74, 6) is 1.45. The van der Waals surface area contributed by atoms with Gasteiger partial charge in [-0.05, 0) is 72.5 Å². The Bertz CT molecular complexity index is 1100. The Labute approximate surface area is 211 Å². The lowest BCUT2D eigenvalue weighted by Gasteiger charge is -2.33. The van der Waals surface area contributed by atoms with Crippen LogP contribution in [0.15, 0.2) is 72.8 Å². The molecule has 0 aliphatic carbocycles. The molecule has 1 unspecified atom stereocenters. The lowest BCUT2D eigenvalue weighted by Crippen LogP contribution is -2.43. The first-order valence-corrected chi connectivity index (χ1v) is 12.3. The highest BCUT2D eigenvalue weighted by atomic mass is 35.5. The number of ether oxygens (including phenoxy) is 2. The molecule has 0 saturated carbocycles. The molecule has 1 aliphatic rings. The number of benzene rings is 3. The van der Waals surface area contributed by atoms with Gasteiger partial charge in [0.05, 0.1) is 0 Å². The highest BCUT2D eigenvalue weighted by Crippen LogP contribution is 2.25. The summed E-state index contributed by atoms with van der Waals surface area (Å²) < 4.78 is 11.9. The predicted octanol–water partition coefficient (Wildman–Crippen LogP) is 5.25. The number of nitrogens with zero attached hydrogens (tertiary/aromatic N) is 1. The van der Waals surface area contributed by atoms with E-state index < -0.39 is 6.10 Å². The molecule has 184 valence electrons. The lowest BCUT2D eigenvalue weighted by atomic mass is 10.0. The summed E-state index contributed by atoms with van der Waals surface area (Å²) in [6.07, 6.45) is 1.44. The standard InChI is InChI=1S/C28H31ClN2O4/c1-20(32)30-24-4-2-3-22(17-24)21-5-9-26(10-6-21)34-19-25(33)18-31-15-13-28(14-16-31)35-27-11-7-23(29)8-12-27/h2-12,17,25,28,33H,13-16,18-19H2,1H3,(H,30,32). The van der Waals surface area contributed by atoms with Gasteiger partial charge in [-0.15, -0.1) is 0 Å². The molecule has 0 bridgehead atoms. The van der Waals surface area contributed by atoms with Gasteiger partial charge in [0.15, 0.2) is 0 Å². The Morgan fingerprint density at radius 3 is 2.40 bits per heavy atom. The Kier molecular flexibility index (Phi) is 8.64. The van der Waals surface area contributed by atoms with E-state index in [1.807, 2.05) is 72.8 Å². The summed E-state index contributed by atoms with van der Waals surface area (Å²) >= 11 is 5.93. The van der Waals surface area contributed by atoms with Gasteiger partial charge in [0.1, 0.15) is 30.3 Å². The number of carbonyl (C=O) groups is 1. The number of nitrogens with one attached hydrogen (secondary N) is 1. The van der Waals surface area contributed by atoms with Crippen molar-refractivity contribution in [2.75, 3.05) is 31.6 Å². The Morgan fingerprint density at radius 1 is 1.03 bits per heavy atom. The molecule has 2 N–H and O–H groups in total. The SMILES string of the molecule is CC(=O)Nc1cccc(-c2ccc(OCC(O)CN3CCC(Oc4ccc(Cl)cc4)CC3)cc2)c1. The van der Waals surface area contributed by atoms with Crippen LogP contribution in [0.5, 0.6) is 11.5 Å². The molecular weight excluding hydrogens is 464 g/mol. The molecule has 6 nitrogen and oxygen atoms in total. The summed E-state index contributed by atoms with van der Waals surface area (Å²) in [5.41, 5.74) is 2.79. The fraction of sp³-hybridized carbons (Fsp3) is 0.321. The number of likely N-dealkylation sites (tertiary alicyclic amines) is 1. The van der Waals surface area contributed by atoms with Crippen LogP contribution in [0.1, 0.15) is 19.8 Å².